The third-order valence-corrected chi connectivity index (χ3v) is 2.13. The zero-order valence-electron chi connectivity index (χ0n) is 8.57. The standard InChI is InChI=1S/C11H11NO3/c1-3-7-4-8(6-12)9(5-10(7)13)11(14)15-2/h4-5,13H,3H2,1-2H3. The molecular formula is C11H11NO3. The van der Waals surface area contributed by atoms with Gasteiger partial charge in [0.15, 0.2) is 0 Å². The van der Waals surface area contributed by atoms with Gasteiger partial charge in [-0.1, -0.05) is 6.92 Å². The van der Waals surface area contributed by atoms with E-state index in [-0.39, 0.29) is 16.9 Å². The SMILES string of the molecule is CCc1cc(C#N)c(C(=O)OC)cc1O. The van der Waals surface area contributed by atoms with E-state index in [2.05, 4.69) is 4.74 Å². The van der Waals surface area contributed by atoms with Crippen molar-refractivity contribution < 1.29 is 14.6 Å². The van der Waals surface area contributed by atoms with Gasteiger partial charge in [-0.15, -0.1) is 0 Å². The summed E-state index contributed by atoms with van der Waals surface area (Å²) < 4.78 is 4.51. The molecule has 0 aliphatic carbocycles. The van der Waals surface area contributed by atoms with E-state index in [1.807, 2.05) is 13.0 Å². The van der Waals surface area contributed by atoms with E-state index in [4.69, 9.17) is 5.26 Å². The van der Waals surface area contributed by atoms with Crippen molar-refractivity contribution in [2.45, 2.75) is 13.3 Å². The number of methoxy groups -OCH3 is 1. The minimum absolute atomic E-state index is 0.0110. The lowest BCUT2D eigenvalue weighted by atomic mass is 10.0. The summed E-state index contributed by atoms with van der Waals surface area (Å²) >= 11 is 0. The first-order chi connectivity index (χ1) is 7.13. The third-order valence-electron chi connectivity index (χ3n) is 2.13. The van der Waals surface area contributed by atoms with Crippen LogP contribution in [0.1, 0.15) is 28.4 Å². The molecule has 0 aromatic heterocycles. The first-order valence-electron chi connectivity index (χ1n) is 4.48. The van der Waals surface area contributed by atoms with Crippen LogP contribution in [0.4, 0.5) is 0 Å². The molecule has 78 valence electrons. The van der Waals surface area contributed by atoms with Gasteiger partial charge < -0.3 is 9.84 Å². The maximum atomic E-state index is 11.3. The van der Waals surface area contributed by atoms with Crippen LogP contribution in [0, 0.1) is 11.3 Å². The van der Waals surface area contributed by atoms with Crippen LogP contribution in [0.25, 0.3) is 0 Å². The summed E-state index contributed by atoms with van der Waals surface area (Å²) in [7, 11) is 1.23. The van der Waals surface area contributed by atoms with Crippen LogP contribution in [0.15, 0.2) is 12.1 Å². The maximum absolute atomic E-state index is 11.3. The highest BCUT2D eigenvalue weighted by Crippen LogP contribution is 2.23. The van der Waals surface area contributed by atoms with Crippen molar-refractivity contribution in [1.82, 2.24) is 0 Å². The summed E-state index contributed by atoms with van der Waals surface area (Å²) in [5.74, 6) is -0.610. The summed E-state index contributed by atoms with van der Waals surface area (Å²) in [5.41, 5.74) is 0.949. The Hall–Kier alpha value is -2.02. The Bertz CT molecular complexity index is 432. The summed E-state index contributed by atoms with van der Waals surface area (Å²) in [6.07, 6.45) is 0.599. The minimum atomic E-state index is -0.621. The molecule has 1 rings (SSSR count). The number of aromatic hydroxyl groups is 1. The van der Waals surface area contributed by atoms with E-state index >= 15 is 0 Å². The van der Waals surface area contributed by atoms with Crippen LogP contribution in [0.2, 0.25) is 0 Å². The number of phenols is 1. The fraction of sp³-hybridized carbons (Fsp3) is 0.273. The molecule has 0 fully saturated rings. The Labute approximate surface area is 87.7 Å². The van der Waals surface area contributed by atoms with Crippen molar-refractivity contribution in [1.29, 1.82) is 5.26 Å². The summed E-state index contributed by atoms with van der Waals surface area (Å²) in [6.45, 7) is 1.86. The molecule has 0 radical (unpaired) electrons. The molecule has 0 amide bonds. The summed E-state index contributed by atoms with van der Waals surface area (Å²) in [6, 6.07) is 4.67. The van der Waals surface area contributed by atoms with Gasteiger partial charge in [-0.2, -0.15) is 5.26 Å². The zero-order valence-corrected chi connectivity index (χ0v) is 8.57. The van der Waals surface area contributed by atoms with Crippen molar-refractivity contribution in [2.75, 3.05) is 7.11 Å². The van der Waals surface area contributed by atoms with Crippen LogP contribution >= 0.6 is 0 Å². The van der Waals surface area contributed by atoms with Crippen LogP contribution in [-0.4, -0.2) is 18.2 Å². The third kappa shape index (κ3) is 2.08. The van der Waals surface area contributed by atoms with E-state index in [0.29, 0.717) is 12.0 Å². The van der Waals surface area contributed by atoms with Crippen molar-refractivity contribution in [3.05, 3.63) is 28.8 Å². The fourth-order valence-corrected chi connectivity index (χ4v) is 1.29. The van der Waals surface area contributed by atoms with Crippen molar-refractivity contribution in [3.8, 4) is 11.8 Å². The lowest BCUT2D eigenvalue weighted by Crippen LogP contribution is -2.04. The molecule has 0 aliphatic rings. The van der Waals surface area contributed by atoms with Crippen molar-refractivity contribution in [3.63, 3.8) is 0 Å². The molecule has 0 aliphatic heterocycles. The lowest BCUT2D eigenvalue weighted by molar-refractivity contribution is 0.0600. The van der Waals surface area contributed by atoms with Gasteiger partial charge in [0.25, 0.3) is 0 Å². The quantitative estimate of drug-likeness (QED) is 0.744. The van der Waals surface area contributed by atoms with E-state index in [1.165, 1.54) is 19.2 Å². The van der Waals surface area contributed by atoms with Gasteiger partial charge in [0.1, 0.15) is 11.8 Å². The molecule has 0 heterocycles. The average Bonchev–Trinajstić information content (AvgIpc) is 2.27. The number of benzene rings is 1. The highest BCUT2D eigenvalue weighted by molar-refractivity contribution is 5.92. The Morgan fingerprint density at radius 2 is 2.27 bits per heavy atom. The van der Waals surface area contributed by atoms with Crippen LogP contribution < -0.4 is 0 Å². The number of carbonyl (C=O) groups is 1. The van der Waals surface area contributed by atoms with E-state index in [0.717, 1.165) is 0 Å². The smallest absolute Gasteiger partial charge is 0.339 e. The number of aryl methyl sites for hydroxylation is 1. The highest BCUT2D eigenvalue weighted by atomic mass is 16.5. The second kappa shape index (κ2) is 4.47. The Balaban J connectivity index is 3.35. The lowest BCUT2D eigenvalue weighted by Gasteiger charge is -2.06. The number of rotatable bonds is 2. The Morgan fingerprint density at radius 1 is 1.60 bits per heavy atom. The molecule has 15 heavy (non-hydrogen) atoms. The second-order valence-electron chi connectivity index (χ2n) is 2.98. The van der Waals surface area contributed by atoms with Gasteiger partial charge in [-0.25, -0.2) is 4.79 Å². The number of nitriles is 1. The summed E-state index contributed by atoms with van der Waals surface area (Å²) in [5, 5.41) is 18.4. The van der Waals surface area contributed by atoms with Gasteiger partial charge in [0, 0.05) is 0 Å². The molecule has 0 saturated heterocycles. The molecule has 1 N–H and O–H groups in total. The van der Waals surface area contributed by atoms with Crippen LogP contribution in [0.3, 0.4) is 0 Å². The zero-order chi connectivity index (χ0) is 11.4. The molecule has 4 nitrogen and oxygen atoms in total. The molecule has 0 bridgehead atoms. The number of nitrogens with zero attached hydrogens (tertiary/aromatic N) is 1. The molecule has 4 heteroatoms. The topological polar surface area (TPSA) is 70.3 Å². The Morgan fingerprint density at radius 3 is 2.73 bits per heavy atom. The van der Waals surface area contributed by atoms with Crippen molar-refractivity contribution in [2.24, 2.45) is 0 Å². The van der Waals surface area contributed by atoms with E-state index in [1.54, 1.807) is 0 Å². The molecule has 0 unspecified atom stereocenters. The van der Waals surface area contributed by atoms with Gasteiger partial charge in [-0.05, 0) is 24.1 Å². The van der Waals surface area contributed by atoms with Crippen LogP contribution in [-0.2, 0) is 11.2 Å². The second-order valence-corrected chi connectivity index (χ2v) is 2.98. The van der Waals surface area contributed by atoms with E-state index in [9.17, 15) is 9.90 Å². The maximum Gasteiger partial charge on any atom is 0.339 e. The number of esters is 1. The van der Waals surface area contributed by atoms with Gasteiger partial charge in [-0.3, -0.25) is 0 Å². The van der Waals surface area contributed by atoms with Crippen molar-refractivity contribution >= 4 is 5.97 Å². The predicted octanol–water partition coefficient (Wildman–Crippen LogP) is 1.61. The highest BCUT2D eigenvalue weighted by Gasteiger charge is 2.14. The minimum Gasteiger partial charge on any atom is -0.508 e. The number of hydrogen-bond donors (Lipinski definition) is 1. The predicted molar refractivity (Wildman–Crippen MR) is 53.5 cm³/mol. The molecule has 1 aromatic carbocycles. The molecule has 0 atom stereocenters. The number of hydrogen-bond acceptors (Lipinski definition) is 4. The van der Waals surface area contributed by atoms with E-state index < -0.39 is 5.97 Å². The van der Waals surface area contributed by atoms with Crippen LogP contribution in [0.5, 0.6) is 5.75 Å². The number of carbonyl (C=O) groups excluding carboxylic acids is 1. The van der Waals surface area contributed by atoms with Gasteiger partial charge in [0.2, 0.25) is 0 Å². The molecule has 0 saturated carbocycles. The molecule has 0 spiro atoms. The normalized spacial score (nSPS) is 9.40. The largest absolute Gasteiger partial charge is 0.508 e. The molecular weight excluding hydrogens is 194 g/mol. The van der Waals surface area contributed by atoms with Gasteiger partial charge in [0.05, 0.1) is 18.2 Å². The monoisotopic (exact) mass is 205 g/mol. The number of ether oxygens (including phenoxy) is 1. The average molecular weight is 205 g/mol. The molecule has 1 aromatic rings. The Kier molecular flexibility index (Phi) is 3.29. The van der Waals surface area contributed by atoms with Gasteiger partial charge >= 0.3 is 5.97 Å². The number of phenolic OH excluding ortho intramolecular Hbond substituents is 1. The fourth-order valence-electron chi connectivity index (χ4n) is 1.29. The first kappa shape index (κ1) is 11.1. The first-order valence-corrected chi connectivity index (χ1v) is 4.48. The summed E-state index contributed by atoms with van der Waals surface area (Å²) in [4.78, 5) is 11.3.